The van der Waals surface area contributed by atoms with Crippen LogP contribution in [-0.2, 0) is 20.5 Å². The number of aryl methyl sites for hydroxylation is 2. The number of nitrogens with zero attached hydrogens (tertiary/aromatic N) is 6. The highest BCUT2D eigenvalue weighted by Gasteiger charge is 2.29. The Morgan fingerprint density at radius 1 is 1.12 bits per heavy atom. The zero-order valence-corrected chi connectivity index (χ0v) is 19.0. The van der Waals surface area contributed by atoms with Crippen LogP contribution in [0.25, 0.3) is 22.3 Å². The molecule has 0 bridgehead atoms. The van der Waals surface area contributed by atoms with Gasteiger partial charge in [-0.2, -0.15) is 15.3 Å². The molecule has 1 saturated carbocycles. The van der Waals surface area contributed by atoms with E-state index in [1.807, 2.05) is 30.1 Å². The number of amides is 1. The molecule has 1 aliphatic carbocycles. The van der Waals surface area contributed by atoms with Crippen molar-refractivity contribution in [3.8, 4) is 11.4 Å². The van der Waals surface area contributed by atoms with Crippen molar-refractivity contribution in [1.29, 1.82) is 0 Å². The van der Waals surface area contributed by atoms with E-state index in [4.69, 9.17) is 4.98 Å². The highest BCUT2D eigenvalue weighted by Crippen LogP contribution is 2.45. The molecule has 9 heteroatoms. The Kier molecular flexibility index (Phi) is 4.75. The average Bonchev–Trinajstić information content (AvgIpc) is 3.22. The lowest BCUT2D eigenvalue weighted by molar-refractivity contribution is 0.102. The fourth-order valence-corrected chi connectivity index (χ4v) is 4.42. The largest absolute Gasteiger partial charge is 0.319 e. The third kappa shape index (κ3) is 3.75. The van der Waals surface area contributed by atoms with E-state index in [1.165, 1.54) is 29.4 Å². The van der Waals surface area contributed by atoms with Crippen molar-refractivity contribution in [3.05, 3.63) is 77.5 Å². The van der Waals surface area contributed by atoms with Crippen LogP contribution in [0.4, 0.5) is 5.69 Å². The summed E-state index contributed by atoms with van der Waals surface area (Å²) in [7, 11) is 3.73. The Bertz CT molecular complexity index is 1500. The van der Waals surface area contributed by atoms with Crippen molar-refractivity contribution in [2.24, 2.45) is 14.1 Å². The molecule has 0 unspecified atom stereocenters. The maximum absolute atomic E-state index is 12.5. The summed E-state index contributed by atoms with van der Waals surface area (Å²) in [6, 6.07) is 11.6. The van der Waals surface area contributed by atoms with Crippen LogP contribution >= 0.6 is 0 Å². The van der Waals surface area contributed by atoms with Gasteiger partial charge in [-0.25, -0.2) is 4.98 Å². The Morgan fingerprint density at radius 3 is 2.68 bits per heavy atom. The predicted molar refractivity (Wildman–Crippen MR) is 128 cm³/mol. The summed E-state index contributed by atoms with van der Waals surface area (Å²) < 4.78 is 3.48. The fraction of sp³-hybridized carbons (Fsp3) is 0.240. The number of aromatic nitrogens is 7. The number of nitrogens with one attached hydrogen (secondary N) is 2. The molecule has 3 heterocycles. The summed E-state index contributed by atoms with van der Waals surface area (Å²) in [4.78, 5) is 17.3. The molecule has 2 aromatic carbocycles. The first-order valence-corrected chi connectivity index (χ1v) is 11.3. The normalized spacial score (nSPS) is 13.5. The Morgan fingerprint density at radius 2 is 1.94 bits per heavy atom. The molecule has 9 nitrogen and oxygen atoms in total. The lowest BCUT2D eigenvalue weighted by Gasteiger charge is -2.09. The van der Waals surface area contributed by atoms with Crippen LogP contribution in [-0.4, -0.2) is 40.6 Å². The van der Waals surface area contributed by atoms with Crippen LogP contribution in [0.15, 0.2) is 55.0 Å². The van der Waals surface area contributed by atoms with Crippen molar-refractivity contribution in [2.45, 2.75) is 25.2 Å². The third-order valence-electron chi connectivity index (χ3n) is 6.31. The summed E-state index contributed by atoms with van der Waals surface area (Å²) in [5.74, 6) is 1.97. The van der Waals surface area contributed by atoms with Crippen LogP contribution < -0.4 is 5.32 Å². The minimum Gasteiger partial charge on any atom is -0.319 e. The van der Waals surface area contributed by atoms with E-state index in [0.717, 1.165) is 16.9 Å². The number of hydrogen-bond donors (Lipinski definition) is 2. The van der Waals surface area contributed by atoms with Crippen LogP contribution in [0.3, 0.4) is 0 Å². The molecule has 0 spiro atoms. The number of fused-ring (bicyclic) bond motifs is 1. The van der Waals surface area contributed by atoms with Gasteiger partial charge in [0.05, 0.1) is 23.6 Å². The van der Waals surface area contributed by atoms with Crippen LogP contribution in [0.1, 0.15) is 46.1 Å². The molecule has 6 rings (SSSR count). The number of aromatic amines is 1. The summed E-state index contributed by atoms with van der Waals surface area (Å²) in [6.45, 7) is 0. The average molecular weight is 453 g/mol. The van der Waals surface area contributed by atoms with Gasteiger partial charge in [0.2, 0.25) is 0 Å². The minimum absolute atomic E-state index is 0.184. The summed E-state index contributed by atoms with van der Waals surface area (Å²) >= 11 is 0. The SMILES string of the molecule is Cn1cc(NC(=O)c2ccc(-c3nc(Cc4ccc5[nH]ncc5c4C4CC4)n(C)n3)cc2)cn1. The molecule has 0 aliphatic heterocycles. The smallest absolute Gasteiger partial charge is 0.255 e. The number of carbonyl (C=O) groups excluding carboxylic acids is 1. The zero-order valence-electron chi connectivity index (χ0n) is 19.0. The number of benzene rings is 2. The number of hydrogen-bond acceptors (Lipinski definition) is 5. The Balaban J connectivity index is 1.23. The van der Waals surface area contributed by atoms with Crippen molar-refractivity contribution in [2.75, 3.05) is 5.32 Å². The maximum atomic E-state index is 12.5. The van der Waals surface area contributed by atoms with E-state index in [-0.39, 0.29) is 5.91 Å². The van der Waals surface area contributed by atoms with Gasteiger partial charge in [0.1, 0.15) is 5.82 Å². The molecule has 2 N–H and O–H groups in total. The maximum Gasteiger partial charge on any atom is 0.255 e. The first-order valence-electron chi connectivity index (χ1n) is 11.3. The lowest BCUT2D eigenvalue weighted by atomic mass is 9.97. The van der Waals surface area contributed by atoms with Gasteiger partial charge in [0.25, 0.3) is 5.91 Å². The van der Waals surface area contributed by atoms with E-state index < -0.39 is 0 Å². The van der Waals surface area contributed by atoms with Crippen molar-refractivity contribution in [3.63, 3.8) is 0 Å². The van der Waals surface area contributed by atoms with Gasteiger partial charge in [-0.3, -0.25) is 19.3 Å². The summed E-state index contributed by atoms with van der Waals surface area (Å²) in [6.07, 6.45) is 8.46. The topological polar surface area (TPSA) is 106 Å². The highest BCUT2D eigenvalue weighted by molar-refractivity contribution is 6.04. The van der Waals surface area contributed by atoms with Crippen molar-refractivity contribution in [1.82, 2.24) is 34.7 Å². The number of carbonyl (C=O) groups is 1. The molecule has 1 aliphatic rings. The Hall–Kier alpha value is -4.27. The quantitative estimate of drug-likeness (QED) is 0.407. The van der Waals surface area contributed by atoms with Crippen LogP contribution in [0, 0.1) is 0 Å². The van der Waals surface area contributed by atoms with Gasteiger partial charge in [-0.05, 0) is 48.1 Å². The molecule has 0 saturated heterocycles. The Labute approximate surface area is 195 Å². The minimum atomic E-state index is -0.184. The van der Waals surface area contributed by atoms with E-state index in [0.29, 0.717) is 29.4 Å². The molecule has 3 aromatic heterocycles. The first-order chi connectivity index (χ1) is 16.5. The summed E-state index contributed by atoms with van der Waals surface area (Å²) in [5, 5.41) is 20.1. The van der Waals surface area contributed by atoms with Gasteiger partial charge in [-0.1, -0.05) is 18.2 Å². The van der Waals surface area contributed by atoms with E-state index >= 15 is 0 Å². The predicted octanol–water partition coefficient (Wildman–Crippen LogP) is 3.81. The standard InChI is InChI=1S/C25H24N8O/c1-32-14-19(12-27-32)28-25(34)17-7-5-16(6-8-17)24-29-22(33(2)31-24)11-18-9-10-21-20(13-26-30-21)23(18)15-3-4-15/h5-10,12-15H,3-4,11H2,1-2H3,(H,26,30)(H,28,34). The molecule has 1 amide bonds. The lowest BCUT2D eigenvalue weighted by Crippen LogP contribution is -2.11. The second kappa shape index (κ2) is 7.95. The molecule has 0 radical (unpaired) electrons. The van der Waals surface area contributed by atoms with Crippen molar-refractivity contribution < 1.29 is 4.79 Å². The van der Waals surface area contributed by atoms with E-state index in [9.17, 15) is 4.79 Å². The third-order valence-corrected chi connectivity index (χ3v) is 6.31. The molecular weight excluding hydrogens is 428 g/mol. The molecule has 0 atom stereocenters. The molecule has 34 heavy (non-hydrogen) atoms. The fourth-order valence-electron chi connectivity index (χ4n) is 4.42. The second-order valence-electron chi connectivity index (χ2n) is 8.83. The number of rotatable bonds is 6. The van der Waals surface area contributed by atoms with Crippen LogP contribution in [0.2, 0.25) is 0 Å². The van der Waals surface area contributed by atoms with Gasteiger partial charge in [0.15, 0.2) is 5.82 Å². The monoisotopic (exact) mass is 452 g/mol. The molecule has 5 aromatic rings. The molecular formula is C25H24N8O. The molecule has 1 fully saturated rings. The number of anilines is 1. The van der Waals surface area contributed by atoms with Crippen molar-refractivity contribution >= 4 is 22.5 Å². The van der Waals surface area contributed by atoms with Gasteiger partial charge in [0, 0.05) is 43.2 Å². The van der Waals surface area contributed by atoms with Gasteiger partial charge >= 0.3 is 0 Å². The van der Waals surface area contributed by atoms with Crippen LogP contribution in [0.5, 0.6) is 0 Å². The second-order valence-corrected chi connectivity index (χ2v) is 8.83. The molecule has 170 valence electrons. The van der Waals surface area contributed by atoms with Gasteiger partial charge in [-0.15, -0.1) is 0 Å². The number of H-pyrrole nitrogens is 1. The zero-order chi connectivity index (χ0) is 23.2. The van der Waals surface area contributed by atoms with Gasteiger partial charge < -0.3 is 5.32 Å². The van der Waals surface area contributed by atoms with E-state index in [2.05, 4.69) is 37.8 Å². The first kappa shape index (κ1) is 20.3. The van der Waals surface area contributed by atoms with E-state index in [1.54, 1.807) is 36.3 Å². The highest BCUT2D eigenvalue weighted by atomic mass is 16.1. The summed E-state index contributed by atoms with van der Waals surface area (Å²) in [5.41, 5.74) is 5.84.